The SMILES string of the molecule is Cl.N[C@@]12CCC[C@H]1C2. The van der Waals surface area contributed by atoms with Crippen LogP contribution in [0.15, 0.2) is 0 Å². The maximum Gasteiger partial charge on any atom is 0.0186 e. The van der Waals surface area contributed by atoms with Gasteiger partial charge in [-0.2, -0.15) is 0 Å². The number of hydrogen-bond acceptors (Lipinski definition) is 1. The highest BCUT2D eigenvalue weighted by Gasteiger charge is 2.53. The van der Waals surface area contributed by atoms with E-state index in [1.54, 1.807) is 0 Å². The van der Waals surface area contributed by atoms with Crippen molar-refractivity contribution in [2.45, 2.75) is 31.2 Å². The van der Waals surface area contributed by atoms with Crippen molar-refractivity contribution in [3.8, 4) is 0 Å². The first kappa shape index (κ1) is 6.37. The molecular weight excluding hydrogens is 122 g/mol. The number of hydrogen-bond donors (Lipinski definition) is 1. The average Bonchev–Trinajstić information content (AvgIpc) is 2.09. The average molecular weight is 134 g/mol. The number of halogens is 1. The summed E-state index contributed by atoms with van der Waals surface area (Å²) in [6.07, 6.45) is 5.43. The molecule has 0 radical (unpaired) electrons. The van der Waals surface area contributed by atoms with Crippen LogP contribution in [-0.2, 0) is 0 Å². The van der Waals surface area contributed by atoms with Gasteiger partial charge >= 0.3 is 0 Å². The van der Waals surface area contributed by atoms with Crippen molar-refractivity contribution in [2.24, 2.45) is 11.7 Å². The van der Waals surface area contributed by atoms with Crippen molar-refractivity contribution in [1.82, 2.24) is 0 Å². The Bertz CT molecular complexity index is 103. The highest BCUT2D eigenvalue weighted by molar-refractivity contribution is 5.85. The lowest BCUT2D eigenvalue weighted by Crippen LogP contribution is -2.20. The van der Waals surface area contributed by atoms with Crippen LogP contribution in [0, 0.1) is 5.92 Å². The zero-order valence-corrected chi connectivity index (χ0v) is 5.71. The zero-order chi connectivity index (χ0) is 4.91. The molecule has 0 bridgehead atoms. The summed E-state index contributed by atoms with van der Waals surface area (Å²) in [6, 6.07) is 0. The second-order valence-corrected chi connectivity index (χ2v) is 3.03. The van der Waals surface area contributed by atoms with Gasteiger partial charge in [0.2, 0.25) is 0 Å². The molecule has 2 aliphatic carbocycles. The third kappa shape index (κ3) is 0.652. The summed E-state index contributed by atoms with van der Waals surface area (Å²) in [5.41, 5.74) is 6.21. The standard InChI is InChI=1S/C6H11N.ClH/c7-6-3-1-2-5(6)4-6;/h5H,1-4,7H2;1H/t5-,6+;/m0./s1. The molecule has 0 aromatic carbocycles. The number of nitrogens with two attached hydrogens (primary N) is 1. The molecule has 2 rings (SSSR count). The van der Waals surface area contributed by atoms with E-state index in [-0.39, 0.29) is 12.4 Å². The van der Waals surface area contributed by atoms with Crippen molar-refractivity contribution >= 4 is 12.4 Å². The molecule has 2 heteroatoms. The Morgan fingerprint density at radius 1 is 1.50 bits per heavy atom. The Morgan fingerprint density at radius 2 is 2.25 bits per heavy atom. The Balaban J connectivity index is 0.000000320. The van der Waals surface area contributed by atoms with Crippen LogP contribution in [0.2, 0.25) is 0 Å². The van der Waals surface area contributed by atoms with Crippen LogP contribution in [0.1, 0.15) is 25.7 Å². The van der Waals surface area contributed by atoms with Crippen LogP contribution in [-0.4, -0.2) is 5.54 Å². The van der Waals surface area contributed by atoms with Gasteiger partial charge in [-0.15, -0.1) is 12.4 Å². The monoisotopic (exact) mass is 133 g/mol. The molecule has 0 unspecified atom stereocenters. The maximum absolute atomic E-state index is 5.85. The lowest BCUT2D eigenvalue weighted by Gasteiger charge is -1.97. The molecule has 2 fully saturated rings. The summed E-state index contributed by atoms with van der Waals surface area (Å²) >= 11 is 0. The molecule has 2 atom stereocenters. The minimum atomic E-state index is 0. The van der Waals surface area contributed by atoms with Gasteiger partial charge in [0.25, 0.3) is 0 Å². The fourth-order valence-corrected chi connectivity index (χ4v) is 1.77. The highest BCUT2D eigenvalue weighted by atomic mass is 35.5. The molecule has 2 N–H and O–H groups in total. The van der Waals surface area contributed by atoms with Crippen LogP contribution in [0.4, 0.5) is 0 Å². The highest BCUT2D eigenvalue weighted by Crippen LogP contribution is 2.53. The molecule has 0 spiro atoms. The van der Waals surface area contributed by atoms with Crippen LogP contribution >= 0.6 is 12.4 Å². The van der Waals surface area contributed by atoms with E-state index in [1.165, 1.54) is 25.7 Å². The van der Waals surface area contributed by atoms with Crippen LogP contribution in [0.3, 0.4) is 0 Å². The van der Waals surface area contributed by atoms with Gasteiger partial charge in [-0.05, 0) is 25.2 Å². The Kier molecular flexibility index (Phi) is 1.28. The first-order chi connectivity index (χ1) is 3.31. The number of fused-ring (bicyclic) bond motifs is 1. The smallest absolute Gasteiger partial charge is 0.0186 e. The molecule has 48 valence electrons. The summed E-state index contributed by atoms with van der Waals surface area (Å²) in [4.78, 5) is 0. The van der Waals surface area contributed by atoms with E-state index in [4.69, 9.17) is 5.73 Å². The van der Waals surface area contributed by atoms with E-state index in [0.29, 0.717) is 5.54 Å². The fourth-order valence-electron chi connectivity index (χ4n) is 1.77. The van der Waals surface area contributed by atoms with E-state index < -0.39 is 0 Å². The second kappa shape index (κ2) is 1.61. The quantitative estimate of drug-likeness (QED) is 0.530. The van der Waals surface area contributed by atoms with Crippen LogP contribution in [0.5, 0.6) is 0 Å². The van der Waals surface area contributed by atoms with Gasteiger partial charge in [-0.25, -0.2) is 0 Å². The Hall–Kier alpha value is 0.250. The van der Waals surface area contributed by atoms with Crippen molar-refractivity contribution in [1.29, 1.82) is 0 Å². The minimum Gasteiger partial charge on any atom is -0.325 e. The molecule has 0 aromatic heterocycles. The molecule has 0 amide bonds. The summed E-state index contributed by atoms with van der Waals surface area (Å²) in [5, 5.41) is 0. The predicted octanol–water partition coefficient (Wildman–Crippen LogP) is 1.31. The maximum atomic E-state index is 5.85. The molecule has 2 aliphatic rings. The molecule has 0 heterocycles. The molecule has 2 saturated carbocycles. The lowest BCUT2D eigenvalue weighted by molar-refractivity contribution is 0.645. The summed E-state index contributed by atoms with van der Waals surface area (Å²) in [7, 11) is 0. The van der Waals surface area contributed by atoms with Gasteiger partial charge in [0.1, 0.15) is 0 Å². The largest absolute Gasteiger partial charge is 0.325 e. The summed E-state index contributed by atoms with van der Waals surface area (Å²) in [5.74, 6) is 0.937. The molecule has 0 aliphatic heterocycles. The van der Waals surface area contributed by atoms with Crippen LogP contribution < -0.4 is 5.73 Å². The first-order valence-corrected chi connectivity index (χ1v) is 3.10. The van der Waals surface area contributed by atoms with Gasteiger partial charge in [0.05, 0.1) is 0 Å². The van der Waals surface area contributed by atoms with E-state index in [2.05, 4.69) is 0 Å². The molecule has 8 heavy (non-hydrogen) atoms. The lowest BCUT2D eigenvalue weighted by atomic mass is 10.2. The third-order valence-electron chi connectivity index (χ3n) is 2.47. The van der Waals surface area contributed by atoms with Gasteiger partial charge in [-0.1, -0.05) is 6.42 Å². The van der Waals surface area contributed by atoms with E-state index in [9.17, 15) is 0 Å². The number of rotatable bonds is 0. The van der Waals surface area contributed by atoms with E-state index >= 15 is 0 Å². The molecule has 0 saturated heterocycles. The van der Waals surface area contributed by atoms with E-state index in [1.807, 2.05) is 0 Å². The molecular formula is C6H12ClN. The van der Waals surface area contributed by atoms with Crippen LogP contribution in [0.25, 0.3) is 0 Å². The Labute approximate surface area is 56.0 Å². The van der Waals surface area contributed by atoms with Crippen molar-refractivity contribution < 1.29 is 0 Å². The Morgan fingerprint density at radius 3 is 2.38 bits per heavy atom. The molecule has 1 nitrogen and oxygen atoms in total. The van der Waals surface area contributed by atoms with Gasteiger partial charge < -0.3 is 5.73 Å². The third-order valence-corrected chi connectivity index (χ3v) is 2.47. The topological polar surface area (TPSA) is 26.0 Å². The summed E-state index contributed by atoms with van der Waals surface area (Å²) < 4.78 is 0. The summed E-state index contributed by atoms with van der Waals surface area (Å²) in [6.45, 7) is 0. The normalized spacial score (nSPS) is 49.9. The van der Waals surface area contributed by atoms with Gasteiger partial charge in [-0.3, -0.25) is 0 Å². The van der Waals surface area contributed by atoms with Gasteiger partial charge in [0, 0.05) is 5.54 Å². The fraction of sp³-hybridized carbons (Fsp3) is 1.00. The minimum absolute atomic E-state index is 0. The van der Waals surface area contributed by atoms with Crippen molar-refractivity contribution in [3.63, 3.8) is 0 Å². The van der Waals surface area contributed by atoms with Crippen molar-refractivity contribution in [3.05, 3.63) is 0 Å². The first-order valence-electron chi connectivity index (χ1n) is 3.10. The predicted molar refractivity (Wildman–Crippen MR) is 36.1 cm³/mol. The second-order valence-electron chi connectivity index (χ2n) is 3.03. The van der Waals surface area contributed by atoms with Crippen molar-refractivity contribution in [2.75, 3.05) is 0 Å². The van der Waals surface area contributed by atoms with Gasteiger partial charge in [0.15, 0.2) is 0 Å². The van der Waals surface area contributed by atoms with E-state index in [0.717, 1.165) is 5.92 Å². The molecule has 0 aromatic rings. The zero-order valence-electron chi connectivity index (χ0n) is 4.89.